The molecule has 3 atom stereocenters. The molecule has 174 valence electrons. The number of aliphatic hydroxyl groups excluding tert-OH is 1. The number of aryl methyl sites for hydroxylation is 3. The zero-order valence-electron chi connectivity index (χ0n) is 20.0. The smallest absolute Gasteiger partial charge is 0.128 e. The van der Waals surface area contributed by atoms with Crippen molar-refractivity contribution in [3.8, 4) is 5.75 Å². The van der Waals surface area contributed by atoms with Gasteiger partial charge in [-0.05, 0) is 99.8 Å². The summed E-state index contributed by atoms with van der Waals surface area (Å²) in [5.74, 6) is 1.44. The summed E-state index contributed by atoms with van der Waals surface area (Å²) >= 11 is 1.97. The van der Waals surface area contributed by atoms with Gasteiger partial charge >= 0.3 is 0 Å². The number of likely N-dealkylation sites (tertiary alicyclic amines) is 1. The number of aromatic nitrogens is 1. The van der Waals surface area contributed by atoms with Gasteiger partial charge in [-0.2, -0.15) is 0 Å². The maximum atomic E-state index is 10.7. The first-order valence-corrected chi connectivity index (χ1v) is 12.8. The Morgan fingerprint density at radius 3 is 2.82 bits per heavy atom. The highest BCUT2D eigenvalue weighted by molar-refractivity contribution is 7.19. The van der Waals surface area contributed by atoms with Crippen LogP contribution in [0.2, 0.25) is 0 Å². The number of hydrogen-bond acceptors (Lipinski definition) is 4. The van der Waals surface area contributed by atoms with E-state index in [1.165, 1.54) is 26.1 Å². The molecule has 0 aliphatic carbocycles. The summed E-state index contributed by atoms with van der Waals surface area (Å²) in [7, 11) is 0. The molecule has 1 aliphatic rings. The molecule has 0 bridgehead atoms. The predicted molar refractivity (Wildman–Crippen MR) is 139 cm³/mol. The largest absolute Gasteiger partial charge is 0.490 e. The van der Waals surface area contributed by atoms with Crippen LogP contribution in [0.5, 0.6) is 5.75 Å². The lowest BCUT2D eigenvalue weighted by molar-refractivity contribution is 0.0408. The fourth-order valence-corrected chi connectivity index (χ4v) is 6.75. The fourth-order valence-electron chi connectivity index (χ4n) is 5.36. The van der Waals surface area contributed by atoms with E-state index in [1.807, 2.05) is 30.4 Å². The summed E-state index contributed by atoms with van der Waals surface area (Å²) in [6, 6.07) is 15.6. The number of H-pyrrole nitrogens is 1. The Balaban J connectivity index is 1.18. The van der Waals surface area contributed by atoms with Gasteiger partial charge in [0.1, 0.15) is 18.5 Å². The van der Waals surface area contributed by atoms with E-state index in [4.69, 9.17) is 4.74 Å². The summed E-state index contributed by atoms with van der Waals surface area (Å²) in [4.78, 5) is 7.28. The molecule has 0 radical (unpaired) electrons. The molecule has 2 aromatic carbocycles. The van der Waals surface area contributed by atoms with Crippen LogP contribution >= 0.6 is 11.3 Å². The standard InChI is InChI=1S/C28H34N2O2S/c1-17-10-18(2)23-14-27(33-28(23)11-17)21-8-9-30(20(4)13-21)15-22(31)16-32-26-7-5-6-25-24(26)12-19(3)29-25/h5-7,10-12,14,20-22,29,31H,8-9,13,15-16H2,1-4H3/t20-,21-,22-/m0/s1. The minimum atomic E-state index is -0.505. The predicted octanol–water partition coefficient (Wildman–Crippen LogP) is 6.32. The molecule has 5 rings (SSSR count). The number of hydrogen-bond donors (Lipinski definition) is 2. The number of nitrogens with zero attached hydrogens (tertiary/aromatic N) is 1. The number of nitrogens with one attached hydrogen (secondary N) is 1. The van der Waals surface area contributed by atoms with Crippen LogP contribution in [0.4, 0.5) is 0 Å². The van der Waals surface area contributed by atoms with Gasteiger partial charge in [0.05, 0.1) is 0 Å². The van der Waals surface area contributed by atoms with E-state index in [2.05, 4.69) is 61.0 Å². The van der Waals surface area contributed by atoms with Gasteiger partial charge in [-0.15, -0.1) is 11.3 Å². The molecule has 0 amide bonds. The number of thiophene rings is 1. The molecule has 1 aliphatic heterocycles. The average Bonchev–Trinajstić information content (AvgIpc) is 3.36. The number of aliphatic hydroxyl groups is 1. The third-order valence-corrected chi connectivity index (χ3v) is 8.30. The highest BCUT2D eigenvalue weighted by atomic mass is 32.1. The van der Waals surface area contributed by atoms with E-state index in [1.54, 1.807) is 0 Å². The highest BCUT2D eigenvalue weighted by Crippen LogP contribution is 2.39. The van der Waals surface area contributed by atoms with Crippen LogP contribution in [-0.2, 0) is 0 Å². The topological polar surface area (TPSA) is 48.5 Å². The first-order valence-electron chi connectivity index (χ1n) is 12.0. The first kappa shape index (κ1) is 22.5. The average molecular weight is 463 g/mol. The Hall–Kier alpha value is -2.34. The van der Waals surface area contributed by atoms with Crippen LogP contribution in [0.25, 0.3) is 21.0 Å². The minimum Gasteiger partial charge on any atom is -0.490 e. The zero-order chi connectivity index (χ0) is 23.1. The van der Waals surface area contributed by atoms with Crippen molar-refractivity contribution >= 4 is 32.3 Å². The molecule has 4 nitrogen and oxygen atoms in total. The third-order valence-electron chi connectivity index (χ3n) is 7.06. The van der Waals surface area contributed by atoms with E-state index >= 15 is 0 Å². The lowest BCUT2D eigenvalue weighted by Crippen LogP contribution is -2.45. The van der Waals surface area contributed by atoms with Gasteiger partial charge in [-0.1, -0.05) is 12.1 Å². The fraction of sp³-hybridized carbons (Fsp3) is 0.429. The van der Waals surface area contributed by atoms with Crippen molar-refractivity contribution in [2.45, 2.75) is 58.6 Å². The zero-order valence-corrected chi connectivity index (χ0v) is 20.8. The minimum absolute atomic E-state index is 0.310. The molecule has 3 heterocycles. The Bertz CT molecular complexity index is 1270. The van der Waals surface area contributed by atoms with Gasteiger partial charge in [-0.25, -0.2) is 0 Å². The number of rotatable bonds is 6. The lowest BCUT2D eigenvalue weighted by atomic mass is 9.89. The molecule has 33 heavy (non-hydrogen) atoms. The second-order valence-electron chi connectivity index (χ2n) is 9.84. The molecular weight excluding hydrogens is 428 g/mol. The van der Waals surface area contributed by atoms with Crippen molar-refractivity contribution in [2.75, 3.05) is 19.7 Å². The Labute approximate surface area is 200 Å². The summed E-state index contributed by atoms with van der Waals surface area (Å²) < 4.78 is 7.44. The molecule has 0 spiro atoms. The number of benzene rings is 2. The van der Waals surface area contributed by atoms with Crippen LogP contribution in [0.3, 0.4) is 0 Å². The molecule has 0 unspecified atom stereocenters. The van der Waals surface area contributed by atoms with E-state index < -0.39 is 6.10 Å². The molecule has 4 aromatic rings. The van der Waals surface area contributed by atoms with Gasteiger partial charge in [0.15, 0.2) is 0 Å². The summed E-state index contributed by atoms with van der Waals surface area (Å²) in [5, 5.41) is 13.2. The Morgan fingerprint density at radius 2 is 2.00 bits per heavy atom. The van der Waals surface area contributed by atoms with Crippen molar-refractivity contribution in [2.24, 2.45) is 0 Å². The normalized spacial score (nSPS) is 20.5. The SMILES string of the molecule is Cc1cc(C)c2cc([C@H]3CCN(C[C@H](O)COc4cccc5[nH]c(C)cc45)[C@@H](C)C3)sc2c1. The van der Waals surface area contributed by atoms with E-state index in [0.29, 0.717) is 25.1 Å². The van der Waals surface area contributed by atoms with Gasteiger partial charge in [0, 0.05) is 38.8 Å². The van der Waals surface area contributed by atoms with E-state index in [9.17, 15) is 5.11 Å². The first-order chi connectivity index (χ1) is 15.9. The van der Waals surface area contributed by atoms with Gasteiger partial charge in [-0.3, -0.25) is 4.90 Å². The highest BCUT2D eigenvalue weighted by Gasteiger charge is 2.29. The second-order valence-corrected chi connectivity index (χ2v) is 11.0. The Kier molecular flexibility index (Phi) is 6.21. The van der Waals surface area contributed by atoms with Gasteiger partial charge in [0.2, 0.25) is 0 Å². The van der Waals surface area contributed by atoms with Crippen molar-refractivity contribution in [1.29, 1.82) is 0 Å². The number of fused-ring (bicyclic) bond motifs is 2. The maximum absolute atomic E-state index is 10.7. The van der Waals surface area contributed by atoms with E-state index in [0.717, 1.165) is 41.7 Å². The van der Waals surface area contributed by atoms with Crippen molar-refractivity contribution < 1.29 is 9.84 Å². The number of β-amino-alcohol motifs (C(OH)–C–C–N with tert-alkyl or cyclic N) is 1. The molecule has 2 aromatic heterocycles. The number of aromatic amines is 1. The molecule has 2 N–H and O–H groups in total. The maximum Gasteiger partial charge on any atom is 0.128 e. The number of ether oxygens (including phenoxy) is 1. The van der Waals surface area contributed by atoms with Crippen LogP contribution < -0.4 is 4.74 Å². The van der Waals surface area contributed by atoms with Crippen LogP contribution in [0, 0.1) is 20.8 Å². The van der Waals surface area contributed by atoms with Gasteiger partial charge < -0.3 is 14.8 Å². The molecule has 1 saturated heterocycles. The van der Waals surface area contributed by atoms with Crippen molar-refractivity contribution in [1.82, 2.24) is 9.88 Å². The quantitative estimate of drug-likeness (QED) is 0.353. The van der Waals surface area contributed by atoms with Crippen molar-refractivity contribution in [3.05, 3.63) is 64.2 Å². The van der Waals surface area contributed by atoms with Crippen LogP contribution in [0.15, 0.2) is 42.5 Å². The second kappa shape index (κ2) is 9.13. The van der Waals surface area contributed by atoms with Crippen LogP contribution in [0.1, 0.15) is 47.4 Å². The molecular formula is C28H34N2O2S. The van der Waals surface area contributed by atoms with Gasteiger partial charge in [0.25, 0.3) is 0 Å². The molecule has 0 saturated carbocycles. The molecule has 1 fully saturated rings. The third kappa shape index (κ3) is 4.68. The van der Waals surface area contributed by atoms with Crippen LogP contribution in [-0.4, -0.2) is 46.8 Å². The Morgan fingerprint density at radius 1 is 1.15 bits per heavy atom. The number of piperidine rings is 1. The lowest BCUT2D eigenvalue weighted by Gasteiger charge is -2.38. The monoisotopic (exact) mass is 462 g/mol. The summed E-state index contributed by atoms with van der Waals surface area (Å²) in [5.41, 5.74) is 4.91. The van der Waals surface area contributed by atoms with E-state index in [-0.39, 0.29) is 0 Å². The van der Waals surface area contributed by atoms with Crippen molar-refractivity contribution in [3.63, 3.8) is 0 Å². The summed E-state index contributed by atoms with van der Waals surface area (Å²) in [6.45, 7) is 10.7. The molecule has 5 heteroatoms. The summed E-state index contributed by atoms with van der Waals surface area (Å²) in [6.07, 6.45) is 1.78.